The van der Waals surface area contributed by atoms with Crippen molar-refractivity contribution in [2.45, 2.75) is 4.90 Å². The number of benzene rings is 1. The molecular formula is C8H11FN2O2S. The Morgan fingerprint density at radius 1 is 1.29 bits per heavy atom. The summed E-state index contributed by atoms with van der Waals surface area (Å²) in [7, 11) is -0.679. The molecule has 0 fully saturated rings. The van der Waals surface area contributed by atoms with Gasteiger partial charge in [-0.25, -0.2) is 17.5 Å². The van der Waals surface area contributed by atoms with Crippen LogP contribution in [0.2, 0.25) is 0 Å². The lowest BCUT2D eigenvalue weighted by Gasteiger charge is -2.06. The number of rotatable bonds is 3. The van der Waals surface area contributed by atoms with Crippen LogP contribution >= 0.6 is 0 Å². The standard InChI is InChI=1S/C8H11FN2O2S/c1-10-8-5-6(3-4-7(8)9)14(12,13)11-2/h3-5,10-11H,1-2H3. The zero-order valence-corrected chi connectivity index (χ0v) is 8.65. The van der Waals surface area contributed by atoms with E-state index in [0.29, 0.717) is 0 Å². The van der Waals surface area contributed by atoms with Gasteiger partial charge in [0.1, 0.15) is 5.82 Å². The maximum atomic E-state index is 13.0. The van der Waals surface area contributed by atoms with Gasteiger partial charge in [-0.3, -0.25) is 0 Å². The van der Waals surface area contributed by atoms with Crippen LogP contribution in [0.5, 0.6) is 0 Å². The van der Waals surface area contributed by atoms with Crippen LogP contribution in [0.1, 0.15) is 0 Å². The Bertz CT molecular complexity index is 431. The van der Waals surface area contributed by atoms with Gasteiger partial charge < -0.3 is 5.32 Å². The van der Waals surface area contributed by atoms with Crippen molar-refractivity contribution in [3.05, 3.63) is 24.0 Å². The van der Waals surface area contributed by atoms with Crippen LogP contribution in [0.4, 0.5) is 10.1 Å². The maximum Gasteiger partial charge on any atom is 0.240 e. The molecule has 0 aliphatic carbocycles. The minimum Gasteiger partial charge on any atom is -0.386 e. The fourth-order valence-electron chi connectivity index (χ4n) is 0.981. The van der Waals surface area contributed by atoms with Gasteiger partial charge in [-0.1, -0.05) is 0 Å². The third-order valence-electron chi connectivity index (χ3n) is 1.79. The van der Waals surface area contributed by atoms with Gasteiger partial charge in [0.25, 0.3) is 0 Å². The highest BCUT2D eigenvalue weighted by Crippen LogP contribution is 2.18. The van der Waals surface area contributed by atoms with Crippen molar-refractivity contribution >= 4 is 15.7 Å². The number of nitrogens with one attached hydrogen (secondary N) is 2. The van der Waals surface area contributed by atoms with E-state index in [1.165, 1.54) is 26.2 Å². The number of anilines is 1. The SMILES string of the molecule is CNc1cc(S(=O)(=O)NC)ccc1F. The summed E-state index contributed by atoms with van der Waals surface area (Å²) in [4.78, 5) is 0.0331. The molecule has 0 radical (unpaired) electrons. The lowest BCUT2D eigenvalue weighted by atomic mass is 10.3. The summed E-state index contributed by atoms with van der Waals surface area (Å²) < 4.78 is 37.8. The van der Waals surface area contributed by atoms with E-state index < -0.39 is 15.8 Å². The second-order valence-corrected chi connectivity index (χ2v) is 4.49. The van der Waals surface area contributed by atoms with Crippen LogP contribution in [0.3, 0.4) is 0 Å². The summed E-state index contributed by atoms with van der Waals surface area (Å²) in [6.45, 7) is 0. The van der Waals surface area contributed by atoms with E-state index in [-0.39, 0.29) is 10.6 Å². The molecule has 0 bridgehead atoms. The average molecular weight is 218 g/mol. The highest BCUT2D eigenvalue weighted by molar-refractivity contribution is 7.89. The fraction of sp³-hybridized carbons (Fsp3) is 0.250. The van der Waals surface area contributed by atoms with Crippen molar-refractivity contribution in [2.24, 2.45) is 0 Å². The molecule has 2 N–H and O–H groups in total. The molecule has 1 aromatic rings. The predicted octanol–water partition coefficient (Wildman–Crippen LogP) is 0.775. The van der Waals surface area contributed by atoms with Crippen molar-refractivity contribution in [2.75, 3.05) is 19.4 Å². The van der Waals surface area contributed by atoms with Gasteiger partial charge >= 0.3 is 0 Å². The minimum absolute atomic E-state index is 0.0331. The molecular weight excluding hydrogens is 207 g/mol. The molecule has 0 heterocycles. The molecule has 0 aliphatic heterocycles. The van der Waals surface area contributed by atoms with E-state index in [0.717, 1.165) is 6.07 Å². The quantitative estimate of drug-likeness (QED) is 0.788. The zero-order chi connectivity index (χ0) is 10.8. The van der Waals surface area contributed by atoms with Gasteiger partial charge in [0.05, 0.1) is 10.6 Å². The molecule has 0 amide bonds. The summed E-state index contributed by atoms with van der Waals surface area (Å²) in [6.07, 6.45) is 0. The molecule has 0 aliphatic rings. The highest BCUT2D eigenvalue weighted by Gasteiger charge is 2.13. The second kappa shape index (κ2) is 3.93. The molecule has 0 aromatic heterocycles. The smallest absolute Gasteiger partial charge is 0.240 e. The first kappa shape index (κ1) is 10.9. The Labute approximate surface area is 82.2 Å². The summed E-state index contributed by atoms with van der Waals surface area (Å²) in [5, 5.41) is 2.56. The van der Waals surface area contributed by atoms with E-state index in [4.69, 9.17) is 0 Å². The minimum atomic E-state index is -3.50. The lowest BCUT2D eigenvalue weighted by molar-refractivity contribution is 0.587. The Balaban J connectivity index is 3.26. The lowest BCUT2D eigenvalue weighted by Crippen LogP contribution is -2.18. The van der Waals surface area contributed by atoms with Crippen LogP contribution in [0.25, 0.3) is 0 Å². The number of sulfonamides is 1. The van der Waals surface area contributed by atoms with E-state index in [2.05, 4.69) is 10.0 Å². The van der Waals surface area contributed by atoms with Gasteiger partial charge in [0.2, 0.25) is 10.0 Å². The van der Waals surface area contributed by atoms with Crippen molar-refractivity contribution in [1.29, 1.82) is 0 Å². The van der Waals surface area contributed by atoms with Crippen LogP contribution in [0, 0.1) is 5.82 Å². The first-order chi connectivity index (χ1) is 6.51. The highest BCUT2D eigenvalue weighted by atomic mass is 32.2. The number of hydrogen-bond acceptors (Lipinski definition) is 3. The third-order valence-corrected chi connectivity index (χ3v) is 3.20. The van der Waals surface area contributed by atoms with E-state index in [1.807, 2.05) is 0 Å². The van der Waals surface area contributed by atoms with Crippen LogP contribution < -0.4 is 10.0 Å². The van der Waals surface area contributed by atoms with Crippen molar-refractivity contribution in [1.82, 2.24) is 4.72 Å². The maximum absolute atomic E-state index is 13.0. The molecule has 78 valence electrons. The van der Waals surface area contributed by atoms with Crippen LogP contribution in [-0.2, 0) is 10.0 Å². The molecule has 6 heteroatoms. The van der Waals surface area contributed by atoms with E-state index >= 15 is 0 Å². The largest absolute Gasteiger partial charge is 0.386 e. The molecule has 0 atom stereocenters. The summed E-state index contributed by atoms with van der Waals surface area (Å²) in [6, 6.07) is 3.55. The summed E-state index contributed by atoms with van der Waals surface area (Å²) in [5.41, 5.74) is 0.154. The van der Waals surface area contributed by atoms with Gasteiger partial charge in [-0.15, -0.1) is 0 Å². The van der Waals surface area contributed by atoms with Gasteiger partial charge in [0, 0.05) is 7.05 Å². The molecule has 0 saturated carbocycles. The van der Waals surface area contributed by atoms with Gasteiger partial charge in [0.15, 0.2) is 0 Å². The first-order valence-corrected chi connectivity index (χ1v) is 5.40. The fourth-order valence-corrected chi connectivity index (χ4v) is 1.74. The van der Waals surface area contributed by atoms with Crippen LogP contribution in [0.15, 0.2) is 23.1 Å². The second-order valence-electron chi connectivity index (χ2n) is 2.60. The molecule has 1 aromatic carbocycles. The van der Waals surface area contributed by atoms with Crippen molar-refractivity contribution in [3.63, 3.8) is 0 Å². The van der Waals surface area contributed by atoms with Gasteiger partial charge in [-0.05, 0) is 25.2 Å². The molecule has 1 rings (SSSR count). The summed E-state index contributed by atoms with van der Waals surface area (Å²) >= 11 is 0. The molecule has 14 heavy (non-hydrogen) atoms. The number of halogens is 1. The normalized spacial score (nSPS) is 11.4. The van der Waals surface area contributed by atoms with Crippen molar-refractivity contribution in [3.8, 4) is 0 Å². The van der Waals surface area contributed by atoms with E-state index in [1.54, 1.807) is 0 Å². The predicted molar refractivity (Wildman–Crippen MR) is 52.2 cm³/mol. The van der Waals surface area contributed by atoms with Crippen molar-refractivity contribution < 1.29 is 12.8 Å². The molecule has 0 spiro atoms. The zero-order valence-electron chi connectivity index (χ0n) is 7.83. The first-order valence-electron chi connectivity index (χ1n) is 3.92. The van der Waals surface area contributed by atoms with E-state index in [9.17, 15) is 12.8 Å². The Morgan fingerprint density at radius 2 is 1.93 bits per heavy atom. The Morgan fingerprint density at radius 3 is 2.43 bits per heavy atom. The molecule has 0 saturated heterocycles. The van der Waals surface area contributed by atoms with Crippen LogP contribution in [-0.4, -0.2) is 22.5 Å². The molecule has 0 unspecified atom stereocenters. The monoisotopic (exact) mass is 218 g/mol. The number of hydrogen-bond donors (Lipinski definition) is 2. The molecule has 4 nitrogen and oxygen atoms in total. The topological polar surface area (TPSA) is 58.2 Å². The third kappa shape index (κ3) is 2.02. The van der Waals surface area contributed by atoms with Gasteiger partial charge in [-0.2, -0.15) is 0 Å². The Hall–Kier alpha value is -1.14. The average Bonchev–Trinajstić information content (AvgIpc) is 2.18. The summed E-state index contributed by atoms with van der Waals surface area (Å²) in [5.74, 6) is -0.484. The Kier molecular flexibility index (Phi) is 3.07.